The van der Waals surface area contributed by atoms with Crippen LogP contribution in [0.2, 0.25) is 5.02 Å². The lowest BCUT2D eigenvalue weighted by atomic mass is 10.2. The first kappa shape index (κ1) is 32.5. The first-order valence-electron chi connectivity index (χ1n) is 13.0. The normalized spacial score (nSPS) is 11.2. The molecule has 232 valence electrons. The van der Waals surface area contributed by atoms with Crippen molar-refractivity contribution in [3.8, 4) is 22.9 Å². The van der Waals surface area contributed by atoms with E-state index in [2.05, 4.69) is 20.8 Å². The number of aromatic nitrogens is 3. The van der Waals surface area contributed by atoms with Gasteiger partial charge in [-0.3, -0.25) is 14.2 Å². The predicted octanol–water partition coefficient (Wildman–Crippen LogP) is 6.02. The molecule has 0 aliphatic heterocycles. The average Bonchev–Trinajstić information content (AvgIpc) is 3.42. The quantitative estimate of drug-likeness (QED) is 0.179. The SMILES string of the molecule is CCOc1ccc(-n2c(CNC(=O)c3cc(OC)cc(OC)c3)nnc2SCC(=O)Nc2cc(C(F)(F)F)ccc2Cl)cc1. The van der Waals surface area contributed by atoms with Gasteiger partial charge in [0.05, 0.1) is 49.4 Å². The van der Waals surface area contributed by atoms with E-state index >= 15 is 0 Å². The summed E-state index contributed by atoms with van der Waals surface area (Å²) in [6.45, 7) is 2.30. The number of amides is 2. The number of alkyl halides is 3. The Morgan fingerprint density at radius 3 is 2.25 bits per heavy atom. The highest BCUT2D eigenvalue weighted by atomic mass is 35.5. The van der Waals surface area contributed by atoms with Crippen molar-refractivity contribution in [1.29, 1.82) is 0 Å². The zero-order valence-corrected chi connectivity index (χ0v) is 25.3. The molecule has 2 N–H and O–H groups in total. The Morgan fingerprint density at radius 2 is 1.64 bits per heavy atom. The number of carbonyl (C=O) groups is 2. The summed E-state index contributed by atoms with van der Waals surface area (Å²) in [5.74, 6) is 0.608. The van der Waals surface area contributed by atoms with Crippen LogP contribution in [0.4, 0.5) is 18.9 Å². The van der Waals surface area contributed by atoms with Gasteiger partial charge in [0, 0.05) is 17.3 Å². The summed E-state index contributed by atoms with van der Waals surface area (Å²) in [5.41, 5.74) is -0.195. The third kappa shape index (κ3) is 8.14. The van der Waals surface area contributed by atoms with Gasteiger partial charge in [-0.1, -0.05) is 23.4 Å². The van der Waals surface area contributed by atoms with Gasteiger partial charge >= 0.3 is 6.18 Å². The van der Waals surface area contributed by atoms with Gasteiger partial charge in [-0.15, -0.1) is 10.2 Å². The molecule has 0 saturated carbocycles. The van der Waals surface area contributed by atoms with Gasteiger partial charge in [0.2, 0.25) is 5.91 Å². The second-order valence-corrected chi connectivity index (χ2v) is 10.3. The zero-order chi connectivity index (χ0) is 31.9. The lowest BCUT2D eigenvalue weighted by Crippen LogP contribution is -2.24. The summed E-state index contributed by atoms with van der Waals surface area (Å²) in [6.07, 6.45) is -4.60. The van der Waals surface area contributed by atoms with E-state index in [0.717, 1.165) is 30.0 Å². The molecule has 15 heteroatoms. The second kappa shape index (κ2) is 14.4. The van der Waals surface area contributed by atoms with Crippen molar-refractivity contribution in [2.45, 2.75) is 24.8 Å². The van der Waals surface area contributed by atoms with Crippen LogP contribution in [0.5, 0.6) is 17.2 Å². The maximum absolute atomic E-state index is 13.1. The van der Waals surface area contributed by atoms with Crippen molar-refractivity contribution in [2.75, 3.05) is 31.9 Å². The van der Waals surface area contributed by atoms with E-state index in [1.54, 1.807) is 47.0 Å². The van der Waals surface area contributed by atoms with Gasteiger partial charge in [-0.25, -0.2) is 0 Å². The minimum absolute atomic E-state index is 0.0365. The van der Waals surface area contributed by atoms with E-state index in [1.165, 1.54) is 14.2 Å². The molecule has 0 atom stereocenters. The number of halogens is 4. The van der Waals surface area contributed by atoms with Crippen molar-refractivity contribution in [3.05, 3.63) is 82.6 Å². The first-order valence-corrected chi connectivity index (χ1v) is 14.4. The minimum Gasteiger partial charge on any atom is -0.497 e. The van der Waals surface area contributed by atoms with Gasteiger partial charge in [-0.2, -0.15) is 13.2 Å². The number of carbonyl (C=O) groups excluding carboxylic acids is 2. The predicted molar refractivity (Wildman–Crippen MR) is 159 cm³/mol. The Labute approximate surface area is 259 Å². The van der Waals surface area contributed by atoms with Crippen LogP contribution in [0.15, 0.2) is 65.8 Å². The molecule has 0 saturated heterocycles. The highest BCUT2D eigenvalue weighted by Gasteiger charge is 2.31. The molecule has 2 amide bonds. The molecule has 0 spiro atoms. The smallest absolute Gasteiger partial charge is 0.416 e. The highest BCUT2D eigenvalue weighted by Crippen LogP contribution is 2.34. The maximum Gasteiger partial charge on any atom is 0.416 e. The number of ether oxygens (including phenoxy) is 3. The Balaban J connectivity index is 1.54. The number of nitrogens with zero attached hydrogens (tertiary/aromatic N) is 3. The average molecular weight is 650 g/mol. The van der Waals surface area contributed by atoms with Gasteiger partial charge in [0.25, 0.3) is 5.91 Å². The van der Waals surface area contributed by atoms with Gasteiger partial charge < -0.3 is 24.8 Å². The number of nitrogens with one attached hydrogen (secondary N) is 2. The van der Waals surface area contributed by atoms with Crippen molar-refractivity contribution in [1.82, 2.24) is 20.1 Å². The van der Waals surface area contributed by atoms with E-state index in [0.29, 0.717) is 46.1 Å². The summed E-state index contributed by atoms with van der Waals surface area (Å²) in [6, 6.07) is 14.5. The standard InChI is InChI=1S/C29H27ClF3N5O5S/c1-4-43-20-8-6-19(7-9-20)38-25(15-34-27(40)17-11-21(41-2)14-22(12-17)42-3)36-37-28(38)44-16-26(39)35-24-13-18(29(31,32)33)5-10-23(24)30/h5-14H,4,15-16H2,1-3H3,(H,34,40)(H,35,39). The Kier molecular flexibility index (Phi) is 10.6. The van der Waals surface area contributed by atoms with Crippen LogP contribution < -0.4 is 24.8 Å². The molecular weight excluding hydrogens is 623 g/mol. The molecule has 0 bridgehead atoms. The third-order valence-corrected chi connectivity index (χ3v) is 7.29. The molecule has 10 nitrogen and oxygen atoms in total. The van der Waals surface area contributed by atoms with E-state index < -0.39 is 23.6 Å². The van der Waals surface area contributed by atoms with Crippen molar-refractivity contribution in [2.24, 2.45) is 0 Å². The number of hydrogen-bond acceptors (Lipinski definition) is 8. The van der Waals surface area contributed by atoms with Gasteiger partial charge in [-0.05, 0) is 61.5 Å². The van der Waals surface area contributed by atoms with Crippen LogP contribution in [-0.4, -0.2) is 53.2 Å². The largest absolute Gasteiger partial charge is 0.497 e. The van der Waals surface area contributed by atoms with E-state index in [9.17, 15) is 22.8 Å². The molecular formula is C29H27ClF3N5O5S. The number of rotatable bonds is 12. The molecule has 0 aliphatic carbocycles. The van der Waals surface area contributed by atoms with E-state index in [-0.39, 0.29) is 23.0 Å². The molecule has 1 heterocycles. The van der Waals surface area contributed by atoms with E-state index in [4.69, 9.17) is 25.8 Å². The molecule has 3 aromatic carbocycles. The number of anilines is 1. The number of benzene rings is 3. The minimum atomic E-state index is -4.60. The van der Waals surface area contributed by atoms with Crippen LogP contribution >= 0.6 is 23.4 Å². The molecule has 0 aliphatic rings. The van der Waals surface area contributed by atoms with Crippen LogP contribution in [0.1, 0.15) is 28.7 Å². The Morgan fingerprint density at radius 1 is 0.955 bits per heavy atom. The monoisotopic (exact) mass is 649 g/mol. The number of methoxy groups -OCH3 is 2. The van der Waals surface area contributed by atoms with Crippen LogP contribution in [0, 0.1) is 0 Å². The van der Waals surface area contributed by atoms with Gasteiger partial charge in [0.15, 0.2) is 11.0 Å². The summed E-state index contributed by atoms with van der Waals surface area (Å²) in [4.78, 5) is 25.7. The fraction of sp³-hybridized carbons (Fsp3) is 0.241. The van der Waals surface area contributed by atoms with Crippen molar-refractivity contribution in [3.63, 3.8) is 0 Å². The Bertz CT molecular complexity index is 1610. The van der Waals surface area contributed by atoms with Gasteiger partial charge in [0.1, 0.15) is 17.2 Å². The maximum atomic E-state index is 13.1. The summed E-state index contributed by atoms with van der Waals surface area (Å²) in [5, 5.41) is 13.9. The van der Waals surface area contributed by atoms with Crippen molar-refractivity contribution >= 4 is 40.9 Å². The van der Waals surface area contributed by atoms with E-state index in [1.807, 2.05) is 6.92 Å². The fourth-order valence-corrected chi connectivity index (χ4v) is 4.88. The van der Waals surface area contributed by atoms with Crippen LogP contribution in [-0.2, 0) is 17.5 Å². The topological polar surface area (TPSA) is 117 Å². The molecule has 0 fully saturated rings. The molecule has 4 aromatic rings. The molecule has 0 radical (unpaired) electrons. The Hall–Kier alpha value is -4.43. The van der Waals surface area contributed by atoms with Crippen LogP contribution in [0.3, 0.4) is 0 Å². The molecule has 44 heavy (non-hydrogen) atoms. The fourth-order valence-electron chi connectivity index (χ4n) is 3.94. The van der Waals surface area contributed by atoms with Crippen molar-refractivity contribution < 1.29 is 37.0 Å². The molecule has 4 rings (SSSR count). The lowest BCUT2D eigenvalue weighted by molar-refractivity contribution is -0.137. The molecule has 1 aromatic heterocycles. The highest BCUT2D eigenvalue weighted by molar-refractivity contribution is 7.99. The lowest BCUT2D eigenvalue weighted by Gasteiger charge is -2.13. The zero-order valence-electron chi connectivity index (χ0n) is 23.7. The third-order valence-electron chi connectivity index (χ3n) is 6.03. The first-order chi connectivity index (χ1) is 21.0. The summed E-state index contributed by atoms with van der Waals surface area (Å²) < 4.78 is 57.1. The second-order valence-electron chi connectivity index (χ2n) is 8.97. The number of thioether (sulfide) groups is 1. The van der Waals surface area contributed by atoms with Crippen LogP contribution in [0.25, 0.3) is 5.69 Å². The molecule has 0 unspecified atom stereocenters. The summed E-state index contributed by atoms with van der Waals surface area (Å²) in [7, 11) is 2.95. The number of hydrogen-bond donors (Lipinski definition) is 2. The summed E-state index contributed by atoms with van der Waals surface area (Å²) >= 11 is 7.01.